The van der Waals surface area contributed by atoms with Crippen LogP contribution in [-0.4, -0.2) is 102 Å². The number of ketones is 1. The molecule has 3 amide bonds. The number of fused-ring (bicyclic) bond motifs is 5. The molecular formula is C39H47F4N5O9S. The van der Waals surface area contributed by atoms with Gasteiger partial charge < -0.3 is 24.4 Å². The molecule has 3 saturated carbocycles. The van der Waals surface area contributed by atoms with E-state index in [0.29, 0.717) is 25.3 Å². The highest BCUT2D eigenvalue weighted by Crippen LogP contribution is 2.59. The molecule has 1 unspecified atom stereocenters. The summed E-state index contributed by atoms with van der Waals surface area (Å²) >= 11 is 0. The number of carbonyl (C=O) groups excluding carboxylic acids is 4. The summed E-state index contributed by atoms with van der Waals surface area (Å²) in [7, 11) is -4.26. The van der Waals surface area contributed by atoms with Crippen molar-refractivity contribution in [2.24, 2.45) is 16.7 Å². The van der Waals surface area contributed by atoms with Gasteiger partial charge in [0.15, 0.2) is 11.5 Å². The highest BCUT2D eigenvalue weighted by atomic mass is 32.2. The van der Waals surface area contributed by atoms with Gasteiger partial charge in [0.05, 0.1) is 46.5 Å². The lowest BCUT2D eigenvalue weighted by Gasteiger charge is -2.35. The molecule has 7 atom stereocenters. The van der Waals surface area contributed by atoms with E-state index >= 15 is 8.78 Å². The van der Waals surface area contributed by atoms with Gasteiger partial charge in [-0.3, -0.25) is 19.1 Å². The van der Waals surface area contributed by atoms with Gasteiger partial charge in [-0.2, -0.15) is 8.78 Å². The summed E-state index contributed by atoms with van der Waals surface area (Å²) in [5, 5.41) is 2.63. The molecule has 4 fully saturated rings. The van der Waals surface area contributed by atoms with E-state index in [4.69, 9.17) is 14.2 Å². The first-order valence-corrected chi connectivity index (χ1v) is 20.9. The molecule has 1 aromatic carbocycles. The molecule has 0 radical (unpaired) electrons. The van der Waals surface area contributed by atoms with Crippen molar-refractivity contribution in [3.05, 3.63) is 42.1 Å². The van der Waals surface area contributed by atoms with E-state index in [1.54, 1.807) is 32.9 Å². The Bertz CT molecular complexity index is 2130. The van der Waals surface area contributed by atoms with Gasteiger partial charge in [-0.1, -0.05) is 39.0 Å². The molecule has 0 spiro atoms. The van der Waals surface area contributed by atoms with Gasteiger partial charge in [0.25, 0.3) is 0 Å². The molecule has 2 N–H and O–H groups in total. The number of alkyl halides is 4. The monoisotopic (exact) mass is 837 g/mol. The van der Waals surface area contributed by atoms with Crippen LogP contribution in [0.15, 0.2) is 36.4 Å². The summed E-state index contributed by atoms with van der Waals surface area (Å²) in [5.74, 6) is -8.89. The maximum absolute atomic E-state index is 16.1. The Morgan fingerprint density at radius 1 is 1.05 bits per heavy atom. The van der Waals surface area contributed by atoms with Crippen molar-refractivity contribution < 1.29 is 59.4 Å². The topological polar surface area (TPSA) is 183 Å². The van der Waals surface area contributed by atoms with Crippen LogP contribution in [0, 0.1) is 16.7 Å². The van der Waals surface area contributed by atoms with E-state index in [1.165, 1.54) is 19.1 Å². The van der Waals surface area contributed by atoms with Gasteiger partial charge in [0.1, 0.15) is 18.2 Å². The summed E-state index contributed by atoms with van der Waals surface area (Å²) in [6.45, 7) is 5.74. The minimum absolute atomic E-state index is 0.140. The fourth-order valence-electron chi connectivity index (χ4n) is 8.08. The third kappa shape index (κ3) is 8.12. The molecule has 2 aromatic rings. The molecule has 5 aliphatic rings. The fraction of sp³-hybridized carbons (Fsp3) is 0.641. The maximum atomic E-state index is 16.1. The molecule has 2 aliphatic heterocycles. The quantitative estimate of drug-likeness (QED) is 0.285. The predicted octanol–water partition coefficient (Wildman–Crippen LogP) is 4.95. The molecule has 316 valence electrons. The lowest BCUT2D eigenvalue weighted by atomic mass is 9.85. The predicted molar refractivity (Wildman–Crippen MR) is 198 cm³/mol. The zero-order valence-corrected chi connectivity index (χ0v) is 33.3. The number of carbonyl (C=O) groups is 4. The first-order valence-electron chi connectivity index (χ1n) is 19.4. The molecule has 1 aromatic heterocycles. The molecule has 19 heteroatoms. The Labute approximate surface area is 332 Å². The number of sulfonamides is 1. The zero-order chi connectivity index (χ0) is 42.0. The van der Waals surface area contributed by atoms with Gasteiger partial charge >= 0.3 is 12.0 Å². The number of amides is 3. The highest BCUT2D eigenvalue weighted by Gasteiger charge is 2.67. The van der Waals surface area contributed by atoms with Crippen molar-refractivity contribution >= 4 is 44.7 Å². The fourth-order valence-corrected chi connectivity index (χ4v) is 9.41. The van der Waals surface area contributed by atoms with Crippen LogP contribution < -0.4 is 14.8 Å². The third-order valence-electron chi connectivity index (χ3n) is 12.0. The van der Waals surface area contributed by atoms with Gasteiger partial charge in [0, 0.05) is 18.8 Å². The molecule has 3 aliphatic carbocycles. The van der Waals surface area contributed by atoms with Crippen LogP contribution in [0.3, 0.4) is 0 Å². The first kappa shape index (κ1) is 41.8. The molecule has 7 rings (SSSR count). The second-order valence-electron chi connectivity index (χ2n) is 17.4. The van der Waals surface area contributed by atoms with E-state index in [-0.39, 0.29) is 36.9 Å². The highest BCUT2D eigenvalue weighted by molar-refractivity contribution is 7.91. The summed E-state index contributed by atoms with van der Waals surface area (Å²) < 4.78 is 105. The summed E-state index contributed by atoms with van der Waals surface area (Å²) in [5.41, 5.74) is -3.61. The number of nitrogens with zero attached hydrogens (tertiary/aromatic N) is 3. The average Bonchev–Trinajstić information content (AvgIpc) is 3.97. The lowest BCUT2D eigenvalue weighted by Crippen LogP contribution is -2.57. The normalized spacial score (nSPS) is 31.5. The largest absolute Gasteiger partial charge is 0.471 e. The second-order valence-corrected chi connectivity index (χ2v) is 19.6. The van der Waals surface area contributed by atoms with Gasteiger partial charge in [-0.15, -0.1) is 0 Å². The van der Waals surface area contributed by atoms with E-state index in [1.807, 2.05) is 4.72 Å². The number of allylic oxidation sites excluding steroid dienone is 1. The Morgan fingerprint density at radius 3 is 2.36 bits per heavy atom. The molecule has 3 heterocycles. The zero-order valence-electron chi connectivity index (χ0n) is 32.5. The number of aromatic nitrogens is 2. The summed E-state index contributed by atoms with van der Waals surface area (Å²) in [6, 6.07) is 3.44. The number of hydrogen-bond donors (Lipinski definition) is 2. The van der Waals surface area contributed by atoms with Crippen LogP contribution >= 0.6 is 0 Å². The van der Waals surface area contributed by atoms with E-state index < -0.39 is 129 Å². The van der Waals surface area contributed by atoms with Crippen LogP contribution in [0.1, 0.15) is 84.8 Å². The molecule has 58 heavy (non-hydrogen) atoms. The Hall–Kier alpha value is -4.39. The van der Waals surface area contributed by atoms with E-state index in [9.17, 15) is 36.4 Å². The number of ether oxygens (including phenoxy) is 3. The number of hydrogen-bond acceptors (Lipinski definition) is 11. The standard InChI is InChI=1S/C39H47F4N5O9S/c1-36(2,3)30-33(50)48-20-21(17-25(48)26(49)19-38(18-22(38)31(40)41)34(51)47-58(53,54)37(4)14-15-37)56-32-29(44-23-9-5-6-10-24(23)45-32)39(42,43)13-8-16-55-27-11-7-12-28(27)57-35(52)46-30/h5-6,8-10,13,21-22,25,27-28,30-31H,7,11-12,14-20H2,1-4H3,(H,46,52)(H,47,51)/b13-8+/t21-,22+,25+,27-,28-,30?,38-/m1/s1. The summed E-state index contributed by atoms with van der Waals surface area (Å²) in [6.07, 6.45) is -4.57. The average molecular weight is 838 g/mol. The Balaban J connectivity index is 1.26. The van der Waals surface area contributed by atoms with Crippen molar-refractivity contribution in [3.63, 3.8) is 0 Å². The molecule has 14 nitrogen and oxygen atoms in total. The number of para-hydroxylation sites is 2. The van der Waals surface area contributed by atoms with Crippen LogP contribution in [0.2, 0.25) is 0 Å². The number of benzene rings is 1. The van der Waals surface area contributed by atoms with Crippen LogP contribution in [0.5, 0.6) is 5.88 Å². The number of alkyl carbamates (subject to hydrolysis) is 1. The second kappa shape index (κ2) is 15.0. The number of nitrogens with one attached hydrogen (secondary N) is 2. The minimum Gasteiger partial charge on any atom is -0.471 e. The lowest BCUT2D eigenvalue weighted by molar-refractivity contribution is -0.142. The van der Waals surface area contributed by atoms with Crippen LogP contribution in [-0.2, 0) is 39.8 Å². The van der Waals surface area contributed by atoms with Gasteiger partial charge in [-0.25, -0.2) is 32.0 Å². The minimum atomic E-state index is -4.26. The Kier molecular flexibility index (Phi) is 10.8. The van der Waals surface area contributed by atoms with Crippen molar-refractivity contribution in [1.29, 1.82) is 0 Å². The molecular weight excluding hydrogens is 791 g/mol. The maximum Gasteiger partial charge on any atom is 0.408 e. The van der Waals surface area contributed by atoms with Crippen LogP contribution in [0.4, 0.5) is 22.4 Å². The van der Waals surface area contributed by atoms with E-state index in [2.05, 4.69) is 15.3 Å². The molecule has 2 bridgehead atoms. The van der Waals surface area contributed by atoms with E-state index in [0.717, 1.165) is 11.0 Å². The number of Topliss-reactive ketones (excluding diaryl/α,β-unsaturated/α-hetero) is 1. The third-order valence-corrected chi connectivity index (χ3v) is 14.2. The Morgan fingerprint density at radius 2 is 1.72 bits per heavy atom. The molecule has 1 saturated heterocycles. The summed E-state index contributed by atoms with van der Waals surface area (Å²) in [4.78, 5) is 65.6. The number of rotatable bonds is 7. The van der Waals surface area contributed by atoms with Crippen LogP contribution in [0.25, 0.3) is 11.0 Å². The van der Waals surface area contributed by atoms with Crippen molar-refractivity contribution in [1.82, 2.24) is 24.9 Å². The van der Waals surface area contributed by atoms with Crippen molar-refractivity contribution in [2.45, 2.75) is 127 Å². The SMILES string of the molecule is CC(C)(C)C1NC(=O)O[C@@H]2CCC[C@H]2OC/C=C/C(F)(F)c2nc3ccccc3nc2O[C@@H]2C[C@@H](C(=O)C[C@]3(C(=O)NS(=O)(=O)C4(C)CC4)C[C@H]3C(F)F)N(C2)C1=O. The van der Waals surface area contributed by atoms with Gasteiger partial charge in [0.2, 0.25) is 34.1 Å². The van der Waals surface area contributed by atoms with Gasteiger partial charge in [-0.05, 0) is 69.1 Å². The van der Waals surface area contributed by atoms with Crippen molar-refractivity contribution in [2.75, 3.05) is 13.2 Å². The number of halogens is 4. The first-order chi connectivity index (χ1) is 27.1. The van der Waals surface area contributed by atoms with Crippen molar-refractivity contribution in [3.8, 4) is 5.88 Å². The smallest absolute Gasteiger partial charge is 0.408 e.